The number of amides is 1. The summed E-state index contributed by atoms with van der Waals surface area (Å²) in [6.07, 6.45) is 3.34. The smallest absolute Gasteiger partial charge is 0.407 e. The molecule has 11 nitrogen and oxygen atoms in total. The zero-order valence-corrected chi connectivity index (χ0v) is 28.9. The summed E-state index contributed by atoms with van der Waals surface area (Å²) < 4.78 is 16.8. The molecule has 0 radical (unpaired) electrons. The number of anilines is 1. The number of hydrogen-bond donors (Lipinski definition) is 1. The molecule has 1 N–H and O–H groups in total. The Morgan fingerprint density at radius 2 is 1.86 bits per heavy atom. The number of halogens is 1. The van der Waals surface area contributed by atoms with Crippen molar-refractivity contribution in [1.29, 1.82) is 0 Å². The van der Waals surface area contributed by atoms with E-state index >= 15 is 0 Å². The molecule has 13 heteroatoms. The molecule has 4 heterocycles. The Hall–Kier alpha value is -3.35. The minimum Gasteiger partial charge on any atom is -0.444 e. The van der Waals surface area contributed by atoms with Gasteiger partial charge in [-0.3, -0.25) is 14.0 Å². The fourth-order valence-corrected chi connectivity index (χ4v) is 6.66. The van der Waals surface area contributed by atoms with Gasteiger partial charge in [0.2, 0.25) is 5.95 Å². The fourth-order valence-electron chi connectivity index (χ4n) is 5.59. The van der Waals surface area contributed by atoms with E-state index in [1.807, 2.05) is 61.8 Å². The number of nitrogens with one attached hydrogen (secondary N) is 1. The molecule has 1 aliphatic heterocycles. The lowest BCUT2D eigenvalue weighted by Gasteiger charge is -2.23. The highest BCUT2D eigenvalue weighted by Crippen LogP contribution is 2.38. The number of fused-ring (bicyclic) bond motifs is 2. The summed E-state index contributed by atoms with van der Waals surface area (Å²) in [5.41, 5.74) is 1.98. The Balaban J connectivity index is 1.55. The average molecular weight is 642 g/mol. The monoisotopic (exact) mass is 641 g/mol. The van der Waals surface area contributed by atoms with Gasteiger partial charge < -0.3 is 24.3 Å². The van der Waals surface area contributed by atoms with Gasteiger partial charge in [-0.05, 0) is 38.8 Å². The molecule has 1 saturated heterocycles. The topological polar surface area (TPSA) is 108 Å². The maximum absolute atomic E-state index is 14.1. The van der Waals surface area contributed by atoms with Gasteiger partial charge >= 0.3 is 6.09 Å². The Morgan fingerprint density at radius 1 is 1.14 bits per heavy atom. The van der Waals surface area contributed by atoms with Gasteiger partial charge in [0, 0.05) is 70.8 Å². The number of carbonyl (C=O) groups excluding carboxylic acids is 1. The van der Waals surface area contributed by atoms with Gasteiger partial charge in [0.1, 0.15) is 12.3 Å². The summed E-state index contributed by atoms with van der Waals surface area (Å²) in [5.74, 6) is 0.650. The van der Waals surface area contributed by atoms with Crippen molar-refractivity contribution in [2.24, 2.45) is 20.0 Å². The van der Waals surface area contributed by atoms with Crippen LogP contribution in [0.15, 0.2) is 29.3 Å². The van der Waals surface area contributed by atoms with Gasteiger partial charge in [0.15, 0.2) is 5.65 Å². The zero-order valence-electron chi connectivity index (χ0n) is 27.2. The Labute approximate surface area is 264 Å². The third-order valence-electron chi connectivity index (χ3n) is 7.93. The second-order valence-corrected chi connectivity index (χ2v) is 20.1. The first-order valence-corrected chi connectivity index (χ1v) is 19.2. The average Bonchev–Trinajstić information content (AvgIpc) is 3.57. The third-order valence-corrected chi connectivity index (χ3v) is 10.0. The molecule has 44 heavy (non-hydrogen) atoms. The van der Waals surface area contributed by atoms with E-state index in [1.54, 1.807) is 16.3 Å². The Morgan fingerprint density at radius 3 is 2.55 bits per heavy atom. The lowest BCUT2D eigenvalue weighted by Crippen LogP contribution is -2.43. The quantitative estimate of drug-likeness (QED) is 0.197. The van der Waals surface area contributed by atoms with Crippen LogP contribution in [0.2, 0.25) is 30.7 Å². The van der Waals surface area contributed by atoms with Crippen LogP contribution in [0.3, 0.4) is 0 Å². The molecule has 1 amide bonds. The first-order chi connectivity index (χ1) is 20.5. The molecule has 5 rings (SSSR count). The van der Waals surface area contributed by atoms with E-state index in [-0.39, 0.29) is 24.2 Å². The normalized spacial score (nSPS) is 17.6. The predicted octanol–water partition coefficient (Wildman–Crippen LogP) is 5.60. The van der Waals surface area contributed by atoms with E-state index < -0.39 is 19.8 Å². The number of carbonyl (C=O) groups is 1. The number of benzene rings is 1. The van der Waals surface area contributed by atoms with E-state index in [0.29, 0.717) is 47.3 Å². The highest BCUT2D eigenvalue weighted by molar-refractivity contribution is 6.76. The van der Waals surface area contributed by atoms with Crippen LogP contribution in [0.5, 0.6) is 0 Å². The molecule has 1 fully saturated rings. The minimum absolute atomic E-state index is 0.118. The van der Waals surface area contributed by atoms with E-state index in [9.17, 15) is 9.59 Å². The third kappa shape index (κ3) is 6.67. The van der Waals surface area contributed by atoms with Crippen LogP contribution in [-0.4, -0.2) is 69.4 Å². The maximum Gasteiger partial charge on any atom is 0.407 e. The molecule has 2 atom stereocenters. The molecule has 0 aliphatic carbocycles. The highest BCUT2D eigenvalue weighted by atomic mass is 35.5. The number of aromatic nitrogens is 5. The Kier molecular flexibility index (Phi) is 8.64. The van der Waals surface area contributed by atoms with Crippen LogP contribution in [0, 0.1) is 5.92 Å². The van der Waals surface area contributed by atoms with E-state index in [1.165, 1.54) is 0 Å². The van der Waals surface area contributed by atoms with Gasteiger partial charge in [-0.25, -0.2) is 4.79 Å². The molecule has 4 aromatic rings. The van der Waals surface area contributed by atoms with E-state index in [0.717, 1.165) is 22.5 Å². The Bertz CT molecular complexity index is 1770. The van der Waals surface area contributed by atoms with Crippen molar-refractivity contribution in [2.45, 2.75) is 71.8 Å². The zero-order chi connectivity index (χ0) is 32.1. The van der Waals surface area contributed by atoms with Crippen LogP contribution in [0.4, 0.5) is 10.7 Å². The van der Waals surface area contributed by atoms with Crippen LogP contribution in [0.25, 0.3) is 33.1 Å². The molecule has 238 valence electrons. The van der Waals surface area contributed by atoms with Gasteiger partial charge in [-0.15, -0.1) is 0 Å². The molecule has 0 unspecified atom stereocenters. The summed E-state index contributed by atoms with van der Waals surface area (Å²) in [6, 6.07) is 4.70. The molecule has 1 aromatic carbocycles. The minimum atomic E-state index is -1.28. The first-order valence-electron chi connectivity index (χ1n) is 15.1. The van der Waals surface area contributed by atoms with Crippen LogP contribution < -0.4 is 15.8 Å². The van der Waals surface area contributed by atoms with Crippen molar-refractivity contribution in [2.75, 3.05) is 24.6 Å². The molecule has 0 spiro atoms. The number of hydrogen-bond acceptors (Lipinski definition) is 7. The molecule has 1 aliphatic rings. The lowest BCUT2D eigenvalue weighted by atomic mass is 10.0. The maximum atomic E-state index is 14.1. The van der Waals surface area contributed by atoms with Gasteiger partial charge in [-0.2, -0.15) is 10.1 Å². The molecular formula is C31H44ClN7O4Si. The fraction of sp³-hybridized carbons (Fsp3) is 0.548. The molecule has 3 aromatic heterocycles. The number of nitrogens with zero attached hydrogens (tertiary/aromatic N) is 6. The largest absolute Gasteiger partial charge is 0.444 e. The van der Waals surface area contributed by atoms with Gasteiger partial charge in [-0.1, -0.05) is 44.2 Å². The van der Waals surface area contributed by atoms with E-state index in [4.69, 9.17) is 26.1 Å². The van der Waals surface area contributed by atoms with Crippen molar-refractivity contribution in [1.82, 2.24) is 29.2 Å². The van der Waals surface area contributed by atoms with Crippen molar-refractivity contribution >= 4 is 53.7 Å². The summed E-state index contributed by atoms with van der Waals surface area (Å²) in [7, 11) is 2.31. The van der Waals surface area contributed by atoms with Crippen LogP contribution >= 0.6 is 11.6 Å². The summed E-state index contributed by atoms with van der Waals surface area (Å²) in [4.78, 5) is 33.8. The molecule has 0 saturated carbocycles. The SMILES string of the molecule is C[C@H]1CN(c2nc3c(c(-c4ccc5nn(C)cc5c4Cl)cn3COCC[Si](C)(C)C)c(=O)n2C)C[C@@H]1NC(=O)OC(C)(C)C. The van der Waals surface area contributed by atoms with E-state index in [2.05, 4.69) is 37.0 Å². The predicted molar refractivity (Wildman–Crippen MR) is 178 cm³/mol. The van der Waals surface area contributed by atoms with Crippen molar-refractivity contribution in [3.63, 3.8) is 0 Å². The van der Waals surface area contributed by atoms with Crippen molar-refractivity contribution in [3.8, 4) is 11.1 Å². The number of rotatable bonds is 8. The second-order valence-electron chi connectivity index (χ2n) is 14.1. The number of ether oxygens (including phenoxy) is 2. The van der Waals surface area contributed by atoms with Crippen molar-refractivity contribution in [3.05, 3.63) is 39.9 Å². The van der Waals surface area contributed by atoms with Gasteiger partial charge in [0.25, 0.3) is 5.56 Å². The molecule has 0 bridgehead atoms. The van der Waals surface area contributed by atoms with Crippen molar-refractivity contribution < 1.29 is 14.3 Å². The first kappa shape index (κ1) is 32.1. The second kappa shape index (κ2) is 11.9. The summed E-state index contributed by atoms with van der Waals surface area (Å²) in [5, 5.41) is 9.30. The summed E-state index contributed by atoms with van der Waals surface area (Å²) >= 11 is 6.95. The van der Waals surface area contributed by atoms with Crippen LogP contribution in [0.1, 0.15) is 27.7 Å². The lowest BCUT2D eigenvalue weighted by molar-refractivity contribution is 0.0499. The number of aryl methyl sites for hydroxylation is 1. The highest BCUT2D eigenvalue weighted by Gasteiger charge is 2.34. The number of alkyl carbamates (subject to hydrolysis) is 1. The standard InChI is InChI=1S/C31H44ClN7O4Si/c1-19-14-38(17-24(19)33-30(41)43-31(2,3)4)29-34-27-25(28(40)37(29)6)21(16-39(27)18-42-12-13-44(7,8)9)20-10-11-23-22(26(20)32)15-36(5)35-23/h10-11,15-16,19,24H,12-14,17-18H2,1-9H3,(H,33,41)/t19-,24-/m0/s1. The summed E-state index contributed by atoms with van der Waals surface area (Å²) in [6.45, 7) is 16.5. The van der Waals surface area contributed by atoms with Gasteiger partial charge in [0.05, 0.1) is 22.0 Å². The molecular weight excluding hydrogens is 598 g/mol. The van der Waals surface area contributed by atoms with Crippen LogP contribution in [-0.2, 0) is 30.3 Å².